The number of hydrogen-bond acceptors (Lipinski definition) is 4. The average Bonchev–Trinajstić information content (AvgIpc) is 2.82. The zero-order valence-electron chi connectivity index (χ0n) is 13.5. The first-order valence-corrected chi connectivity index (χ1v) is 7.70. The Morgan fingerprint density at radius 3 is 2.54 bits per heavy atom. The fourth-order valence-corrected chi connectivity index (χ4v) is 2.56. The SMILES string of the molecule is CCOC(=O)c1[nH]c(C)c(C(=O)OCc2c(F)cccc2Cl)c1C. The number of halogens is 2. The van der Waals surface area contributed by atoms with E-state index in [0.29, 0.717) is 11.3 Å². The Morgan fingerprint density at radius 2 is 1.92 bits per heavy atom. The number of rotatable bonds is 5. The second kappa shape index (κ2) is 7.49. The van der Waals surface area contributed by atoms with Crippen LogP contribution in [0.2, 0.25) is 5.02 Å². The molecule has 0 aliphatic carbocycles. The summed E-state index contributed by atoms with van der Waals surface area (Å²) in [5.74, 6) is -1.77. The highest BCUT2D eigenvalue weighted by atomic mass is 35.5. The number of H-pyrrole nitrogens is 1. The number of benzene rings is 1. The third-order valence-electron chi connectivity index (χ3n) is 3.53. The number of aromatic nitrogens is 1. The van der Waals surface area contributed by atoms with Gasteiger partial charge in [0.2, 0.25) is 0 Å². The smallest absolute Gasteiger partial charge is 0.355 e. The lowest BCUT2D eigenvalue weighted by Gasteiger charge is -2.08. The number of hydrogen-bond donors (Lipinski definition) is 1. The third kappa shape index (κ3) is 3.59. The highest BCUT2D eigenvalue weighted by Crippen LogP contribution is 2.23. The van der Waals surface area contributed by atoms with E-state index >= 15 is 0 Å². The molecule has 0 saturated carbocycles. The lowest BCUT2D eigenvalue weighted by Crippen LogP contribution is -2.10. The van der Waals surface area contributed by atoms with Crippen LogP contribution >= 0.6 is 11.6 Å². The largest absolute Gasteiger partial charge is 0.461 e. The zero-order valence-corrected chi connectivity index (χ0v) is 14.3. The first kappa shape index (κ1) is 18.0. The van der Waals surface area contributed by atoms with Gasteiger partial charge in [-0.25, -0.2) is 14.0 Å². The minimum Gasteiger partial charge on any atom is -0.461 e. The Bertz CT molecular complexity index is 765. The van der Waals surface area contributed by atoms with Crippen molar-refractivity contribution in [3.8, 4) is 0 Å². The van der Waals surface area contributed by atoms with Crippen LogP contribution in [0.15, 0.2) is 18.2 Å². The molecule has 1 aromatic heterocycles. The molecule has 0 aliphatic heterocycles. The minimum atomic E-state index is -0.670. The molecule has 1 N–H and O–H groups in total. The van der Waals surface area contributed by atoms with Crippen LogP contribution in [0.4, 0.5) is 4.39 Å². The molecule has 2 rings (SSSR count). The summed E-state index contributed by atoms with van der Waals surface area (Å²) in [6.07, 6.45) is 0. The fourth-order valence-electron chi connectivity index (χ4n) is 2.34. The Kier molecular flexibility index (Phi) is 5.62. The number of ether oxygens (including phenoxy) is 2. The van der Waals surface area contributed by atoms with E-state index in [2.05, 4.69) is 4.98 Å². The van der Waals surface area contributed by atoms with Gasteiger partial charge in [-0.15, -0.1) is 0 Å². The van der Waals surface area contributed by atoms with Crippen molar-refractivity contribution in [2.75, 3.05) is 6.61 Å². The van der Waals surface area contributed by atoms with Crippen molar-refractivity contribution in [1.82, 2.24) is 4.98 Å². The monoisotopic (exact) mass is 353 g/mol. The molecule has 24 heavy (non-hydrogen) atoms. The topological polar surface area (TPSA) is 68.4 Å². The Morgan fingerprint density at radius 1 is 1.21 bits per heavy atom. The third-order valence-corrected chi connectivity index (χ3v) is 3.88. The van der Waals surface area contributed by atoms with Crippen molar-refractivity contribution in [2.45, 2.75) is 27.4 Å². The van der Waals surface area contributed by atoms with Gasteiger partial charge in [-0.2, -0.15) is 0 Å². The van der Waals surface area contributed by atoms with Crippen LogP contribution in [0, 0.1) is 19.7 Å². The number of esters is 2. The highest BCUT2D eigenvalue weighted by Gasteiger charge is 2.24. The van der Waals surface area contributed by atoms with Gasteiger partial charge in [-0.05, 0) is 38.5 Å². The number of carbonyl (C=O) groups is 2. The van der Waals surface area contributed by atoms with E-state index in [9.17, 15) is 14.0 Å². The van der Waals surface area contributed by atoms with Gasteiger partial charge in [0.05, 0.1) is 17.2 Å². The summed E-state index contributed by atoms with van der Waals surface area (Å²) in [6, 6.07) is 4.22. The van der Waals surface area contributed by atoms with Crippen LogP contribution in [-0.4, -0.2) is 23.5 Å². The molecule has 0 saturated heterocycles. The molecule has 5 nitrogen and oxygen atoms in total. The van der Waals surface area contributed by atoms with E-state index in [0.717, 1.165) is 0 Å². The quantitative estimate of drug-likeness (QED) is 0.826. The summed E-state index contributed by atoms with van der Waals surface area (Å²) in [6.45, 7) is 4.87. The summed E-state index contributed by atoms with van der Waals surface area (Å²) >= 11 is 5.90. The molecule has 0 atom stereocenters. The van der Waals surface area contributed by atoms with Crippen molar-refractivity contribution in [2.24, 2.45) is 0 Å². The fraction of sp³-hybridized carbons (Fsp3) is 0.294. The Balaban J connectivity index is 2.20. The van der Waals surface area contributed by atoms with Gasteiger partial charge < -0.3 is 14.5 Å². The minimum absolute atomic E-state index is 0.101. The van der Waals surface area contributed by atoms with Crippen molar-refractivity contribution < 1.29 is 23.5 Å². The molecule has 0 spiro atoms. The molecule has 2 aromatic rings. The summed E-state index contributed by atoms with van der Waals surface area (Å²) < 4.78 is 23.8. The van der Waals surface area contributed by atoms with Crippen LogP contribution < -0.4 is 0 Å². The zero-order chi connectivity index (χ0) is 17.9. The van der Waals surface area contributed by atoms with Crippen LogP contribution in [-0.2, 0) is 16.1 Å². The maximum atomic E-state index is 13.7. The number of carbonyl (C=O) groups excluding carboxylic acids is 2. The van der Waals surface area contributed by atoms with Crippen molar-refractivity contribution in [1.29, 1.82) is 0 Å². The van der Waals surface area contributed by atoms with Crippen LogP contribution in [0.3, 0.4) is 0 Å². The standard InChI is InChI=1S/C17H17ClFNO4/c1-4-23-17(22)15-9(2)14(10(3)20-15)16(21)24-8-11-12(18)6-5-7-13(11)19/h5-7,20H,4,8H2,1-3H3. The predicted octanol–water partition coefficient (Wildman–Crippen LogP) is 3.96. The molecule has 7 heteroatoms. The molecule has 0 amide bonds. The summed E-state index contributed by atoms with van der Waals surface area (Å²) in [4.78, 5) is 27.0. The number of aromatic amines is 1. The molecule has 128 valence electrons. The summed E-state index contributed by atoms with van der Waals surface area (Å²) in [7, 11) is 0. The van der Waals surface area contributed by atoms with Crippen LogP contribution in [0.5, 0.6) is 0 Å². The van der Waals surface area contributed by atoms with Crippen molar-refractivity contribution in [3.05, 3.63) is 57.1 Å². The average molecular weight is 354 g/mol. The predicted molar refractivity (Wildman–Crippen MR) is 86.8 cm³/mol. The molecular formula is C17H17ClFNO4. The molecule has 0 bridgehead atoms. The van der Waals surface area contributed by atoms with Crippen molar-refractivity contribution >= 4 is 23.5 Å². The molecule has 0 aliphatic rings. The van der Waals surface area contributed by atoms with E-state index < -0.39 is 17.8 Å². The molecule has 0 unspecified atom stereocenters. The Labute approximate surface area is 143 Å². The summed E-state index contributed by atoms with van der Waals surface area (Å²) in [5.41, 5.74) is 1.43. The van der Waals surface area contributed by atoms with Gasteiger partial charge in [0.15, 0.2) is 0 Å². The normalized spacial score (nSPS) is 10.5. The first-order valence-electron chi connectivity index (χ1n) is 7.33. The molecule has 0 radical (unpaired) electrons. The van der Waals surface area contributed by atoms with Gasteiger partial charge in [0, 0.05) is 11.3 Å². The van der Waals surface area contributed by atoms with Gasteiger partial charge in [-0.1, -0.05) is 17.7 Å². The number of aryl methyl sites for hydroxylation is 1. The maximum absolute atomic E-state index is 13.7. The molecule has 1 heterocycles. The lowest BCUT2D eigenvalue weighted by atomic mass is 10.1. The molecule has 0 fully saturated rings. The van der Waals surface area contributed by atoms with Crippen molar-refractivity contribution in [3.63, 3.8) is 0 Å². The van der Waals surface area contributed by atoms with Gasteiger partial charge in [0.1, 0.15) is 18.1 Å². The van der Waals surface area contributed by atoms with Gasteiger partial charge in [0.25, 0.3) is 0 Å². The summed E-state index contributed by atoms with van der Waals surface area (Å²) in [5, 5.41) is 0.178. The van der Waals surface area contributed by atoms with E-state index in [-0.39, 0.29) is 35.1 Å². The maximum Gasteiger partial charge on any atom is 0.355 e. The second-order valence-electron chi connectivity index (χ2n) is 5.12. The van der Waals surface area contributed by atoms with Gasteiger partial charge >= 0.3 is 11.9 Å². The van der Waals surface area contributed by atoms with E-state index in [1.165, 1.54) is 18.2 Å². The van der Waals surface area contributed by atoms with E-state index in [1.54, 1.807) is 20.8 Å². The highest BCUT2D eigenvalue weighted by molar-refractivity contribution is 6.31. The molecular weight excluding hydrogens is 337 g/mol. The van der Waals surface area contributed by atoms with E-state index in [4.69, 9.17) is 21.1 Å². The number of nitrogens with one attached hydrogen (secondary N) is 1. The van der Waals surface area contributed by atoms with Crippen LogP contribution in [0.25, 0.3) is 0 Å². The Hall–Kier alpha value is -2.34. The lowest BCUT2D eigenvalue weighted by molar-refractivity contribution is 0.0467. The second-order valence-corrected chi connectivity index (χ2v) is 5.53. The van der Waals surface area contributed by atoms with Crippen LogP contribution in [0.1, 0.15) is 44.6 Å². The molecule has 1 aromatic carbocycles. The van der Waals surface area contributed by atoms with Gasteiger partial charge in [-0.3, -0.25) is 0 Å². The van der Waals surface area contributed by atoms with E-state index in [1.807, 2.05) is 0 Å². The first-order chi connectivity index (χ1) is 11.4.